The standard InChI is InChI=1S/C33H49F2N7O.C16H20N4O3.C2H6/c1-5-6-7-8-13-39(4)29-20-30(37-24-36-29)41-16-11-33(12-17-41)23-42(22-31(43)38-33)28-19-26(34)25(18-27(28)35)21-40-14-9-32(2,3)10-15-40;1-17-7-8-18-12-4-2-3-10-11(12)9-20(16(10)23)13-5-6-14(21)19-15(13)22;1-2/h18-20,24H,5-17,21-23H2,1-4H3,(H,38,43);2-4,13,17-18H,5-9H2,1H3,(H,19,21,22);1-2H3. The van der Waals surface area contributed by atoms with Crippen LogP contribution in [0.4, 0.5) is 31.8 Å². The molecule has 0 saturated carbocycles. The molecular weight excluding hydrogens is 869 g/mol. The van der Waals surface area contributed by atoms with Crippen molar-refractivity contribution in [2.75, 3.05) is 93.0 Å². The number of nitrogens with zero attached hydrogens (tertiary/aromatic N) is 7. The number of amides is 4. The third-order valence-corrected chi connectivity index (χ3v) is 14.0. The molecule has 2 aromatic carbocycles. The van der Waals surface area contributed by atoms with Crippen molar-refractivity contribution >= 4 is 46.6 Å². The number of benzene rings is 2. The van der Waals surface area contributed by atoms with Crippen molar-refractivity contribution in [3.8, 4) is 0 Å². The molecule has 5 aliphatic heterocycles. The highest BCUT2D eigenvalue weighted by Crippen LogP contribution is 2.35. The van der Waals surface area contributed by atoms with Gasteiger partial charge in [-0.3, -0.25) is 29.4 Å². The van der Waals surface area contributed by atoms with Gasteiger partial charge in [0.2, 0.25) is 17.7 Å². The first kappa shape index (κ1) is 52.0. The number of piperidine rings is 3. The summed E-state index contributed by atoms with van der Waals surface area (Å²) in [4.78, 5) is 67.7. The molecule has 4 fully saturated rings. The number of aromatic nitrogens is 2. The quantitative estimate of drug-likeness (QED) is 0.0974. The lowest BCUT2D eigenvalue weighted by Gasteiger charge is -2.48. The molecule has 1 atom stereocenters. The zero-order valence-electron chi connectivity index (χ0n) is 41.5. The summed E-state index contributed by atoms with van der Waals surface area (Å²) in [6.07, 6.45) is 10.6. The Morgan fingerprint density at radius 3 is 2.32 bits per heavy atom. The first-order chi connectivity index (χ1) is 32.7. The van der Waals surface area contributed by atoms with Gasteiger partial charge in [0.1, 0.15) is 35.6 Å². The SMILES string of the molecule is CC.CCCCCCN(C)c1cc(N2CCC3(CC2)CN(c2cc(F)c(CN4CCC(C)(C)CC4)cc2F)CC(=O)N3)ncn1.CNCCNc1cccc2c1CN(C1CCC(=O)NC1=O)C2=O. The van der Waals surface area contributed by atoms with E-state index in [-0.39, 0.29) is 42.3 Å². The van der Waals surface area contributed by atoms with Crippen LogP contribution in [0.25, 0.3) is 0 Å². The summed E-state index contributed by atoms with van der Waals surface area (Å²) in [5, 5.41) is 11.9. The highest BCUT2D eigenvalue weighted by Gasteiger charge is 2.43. The molecule has 1 unspecified atom stereocenters. The van der Waals surface area contributed by atoms with Crippen molar-refractivity contribution in [2.24, 2.45) is 5.41 Å². The largest absolute Gasteiger partial charge is 0.383 e. The van der Waals surface area contributed by atoms with Crippen molar-refractivity contribution in [3.63, 3.8) is 0 Å². The van der Waals surface area contributed by atoms with Gasteiger partial charge in [0.25, 0.3) is 5.91 Å². The van der Waals surface area contributed by atoms with Crippen LogP contribution in [-0.4, -0.2) is 128 Å². The fraction of sp³-hybridized carbons (Fsp3) is 0.608. The van der Waals surface area contributed by atoms with Crippen molar-refractivity contribution in [2.45, 2.75) is 123 Å². The zero-order chi connectivity index (χ0) is 49.0. The van der Waals surface area contributed by atoms with E-state index in [4.69, 9.17) is 0 Å². The van der Waals surface area contributed by atoms with Crippen LogP contribution < -0.4 is 36.0 Å². The van der Waals surface area contributed by atoms with Gasteiger partial charge in [0.15, 0.2) is 0 Å². The number of likely N-dealkylation sites (tertiary alicyclic amines) is 1. The van der Waals surface area contributed by atoms with E-state index < -0.39 is 23.2 Å². The molecule has 5 aliphatic rings. The number of piperazine rings is 1. The van der Waals surface area contributed by atoms with Crippen LogP contribution in [-0.2, 0) is 27.5 Å². The Bertz CT molecular complexity index is 2210. The van der Waals surface area contributed by atoms with Crippen molar-refractivity contribution in [1.29, 1.82) is 0 Å². The minimum Gasteiger partial charge on any atom is -0.383 e. The number of unbranched alkanes of at least 4 members (excludes halogenated alkanes) is 3. The monoisotopic (exact) mass is 944 g/mol. The zero-order valence-corrected chi connectivity index (χ0v) is 41.5. The number of likely N-dealkylation sites (N-methyl/N-ethyl adjacent to an activating group) is 1. The molecule has 1 spiro atoms. The first-order valence-corrected chi connectivity index (χ1v) is 24.9. The molecular formula is C51H75F2N11O4. The van der Waals surface area contributed by atoms with Gasteiger partial charge >= 0.3 is 0 Å². The van der Waals surface area contributed by atoms with Gasteiger partial charge in [-0.15, -0.1) is 0 Å². The second-order valence-electron chi connectivity index (χ2n) is 19.5. The number of carbonyl (C=O) groups excluding carboxylic acids is 4. The van der Waals surface area contributed by atoms with Crippen LogP contribution >= 0.6 is 0 Å². The Morgan fingerprint density at radius 2 is 1.62 bits per heavy atom. The van der Waals surface area contributed by atoms with Crippen molar-refractivity contribution < 1.29 is 28.0 Å². The van der Waals surface area contributed by atoms with Crippen LogP contribution in [0, 0.1) is 17.0 Å². The summed E-state index contributed by atoms with van der Waals surface area (Å²) in [7, 11) is 3.95. The van der Waals surface area contributed by atoms with E-state index >= 15 is 8.78 Å². The highest BCUT2D eigenvalue weighted by molar-refractivity contribution is 6.06. The fourth-order valence-corrected chi connectivity index (χ4v) is 9.77. The van der Waals surface area contributed by atoms with Gasteiger partial charge in [-0.05, 0) is 82.3 Å². The summed E-state index contributed by atoms with van der Waals surface area (Å²) in [5.74, 6) is -0.0594. The van der Waals surface area contributed by atoms with Crippen LogP contribution in [0.15, 0.2) is 42.7 Å². The van der Waals surface area contributed by atoms with E-state index in [0.717, 1.165) is 74.9 Å². The topological polar surface area (TPSA) is 158 Å². The fourth-order valence-electron chi connectivity index (χ4n) is 9.77. The molecule has 4 saturated heterocycles. The number of rotatable bonds is 15. The maximum atomic E-state index is 15.5. The lowest BCUT2D eigenvalue weighted by molar-refractivity contribution is -0.137. The molecule has 372 valence electrons. The Labute approximate surface area is 402 Å². The second-order valence-corrected chi connectivity index (χ2v) is 19.5. The van der Waals surface area contributed by atoms with Gasteiger partial charge in [-0.1, -0.05) is 59.9 Å². The highest BCUT2D eigenvalue weighted by atomic mass is 19.1. The van der Waals surface area contributed by atoms with Crippen LogP contribution in [0.1, 0.15) is 120 Å². The number of fused-ring (bicyclic) bond motifs is 1. The van der Waals surface area contributed by atoms with Crippen molar-refractivity contribution in [3.05, 3.63) is 71.1 Å². The molecule has 0 bridgehead atoms. The molecule has 68 heavy (non-hydrogen) atoms. The summed E-state index contributed by atoms with van der Waals surface area (Å²) >= 11 is 0. The predicted molar refractivity (Wildman–Crippen MR) is 265 cm³/mol. The Hall–Kier alpha value is -5.42. The number of nitrogens with one attached hydrogen (secondary N) is 4. The number of hydrogen-bond donors (Lipinski definition) is 4. The summed E-state index contributed by atoms with van der Waals surface area (Å²) < 4.78 is 30.8. The Balaban J connectivity index is 0.000000256. The predicted octanol–water partition coefficient (Wildman–Crippen LogP) is 6.47. The van der Waals surface area contributed by atoms with Crippen LogP contribution in [0.2, 0.25) is 0 Å². The average molecular weight is 944 g/mol. The Kier molecular flexibility index (Phi) is 18.1. The number of halogens is 2. The van der Waals surface area contributed by atoms with E-state index in [0.29, 0.717) is 68.5 Å². The smallest absolute Gasteiger partial charge is 0.255 e. The van der Waals surface area contributed by atoms with Gasteiger partial charge < -0.3 is 35.6 Å². The summed E-state index contributed by atoms with van der Waals surface area (Å²) in [6, 6.07) is 9.65. The maximum Gasteiger partial charge on any atom is 0.255 e. The lowest BCUT2D eigenvalue weighted by Crippen LogP contribution is -2.66. The molecule has 0 aliphatic carbocycles. The minimum atomic E-state index is -0.572. The molecule has 15 nitrogen and oxygen atoms in total. The number of imide groups is 1. The third kappa shape index (κ3) is 13.0. The Morgan fingerprint density at radius 1 is 0.868 bits per heavy atom. The molecule has 3 aromatic rings. The summed E-state index contributed by atoms with van der Waals surface area (Å²) in [6.45, 7) is 17.7. The van der Waals surface area contributed by atoms with Gasteiger partial charge in [-0.2, -0.15) is 0 Å². The van der Waals surface area contributed by atoms with E-state index in [9.17, 15) is 19.2 Å². The third-order valence-electron chi connectivity index (χ3n) is 14.0. The lowest BCUT2D eigenvalue weighted by atomic mass is 9.82. The molecule has 6 heterocycles. The molecule has 8 rings (SSSR count). The minimum absolute atomic E-state index is 0.0161. The van der Waals surface area contributed by atoms with Crippen LogP contribution in [0.5, 0.6) is 0 Å². The van der Waals surface area contributed by atoms with Gasteiger partial charge in [-0.25, -0.2) is 18.7 Å². The molecule has 0 radical (unpaired) electrons. The summed E-state index contributed by atoms with van der Waals surface area (Å²) in [5.41, 5.74) is 2.80. The normalized spacial score (nSPS) is 19.9. The number of anilines is 4. The van der Waals surface area contributed by atoms with E-state index in [2.05, 4.69) is 73.8 Å². The average Bonchev–Trinajstić information content (AvgIpc) is 3.66. The van der Waals surface area contributed by atoms with Gasteiger partial charge in [0, 0.05) is 100 Å². The first-order valence-electron chi connectivity index (χ1n) is 24.9. The number of carbonyl (C=O) groups is 4. The van der Waals surface area contributed by atoms with E-state index in [1.54, 1.807) is 22.2 Å². The molecule has 4 N–H and O–H groups in total. The van der Waals surface area contributed by atoms with E-state index in [1.165, 1.54) is 31.4 Å². The molecule has 4 amide bonds. The van der Waals surface area contributed by atoms with Crippen molar-refractivity contribution in [1.82, 2.24) is 35.7 Å². The maximum absolute atomic E-state index is 15.5. The molecule has 1 aromatic heterocycles. The molecule has 17 heteroatoms. The van der Waals surface area contributed by atoms with Gasteiger partial charge in [0.05, 0.1) is 17.8 Å². The van der Waals surface area contributed by atoms with Crippen LogP contribution in [0.3, 0.4) is 0 Å². The number of hydrogen-bond acceptors (Lipinski definition) is 12. The second kappa shape index (κ2) is 23.7. The van der Waals surface area contributed by atoms with E-state index in [1.807, 2.05) is 39.1 Å².